The SMILES string of the molecule is COC(=O)c1sccc1S(=O)(=O)NCc1cc(-c2ccccc2)ncn1. The van der Waals surface area contributed by atoms with Crippen molar-refractivity contribution in [3.63, 3.8) is 0 Å². The molecule has 1 aromatic carbocycles. The molecule has 0 radical (unpaired) electrons. The van der Waals surface area contributed by atoms with Crippen LogP contribution in [0.3, 0.4) is 0 Å². The van der Waals surface area contributed by atoms with Crippen LogP contribution in [0, 0.1) is 0 Å². The number of carbonyl (C=O) groups excluding carboxylic acids is 1. The van der Waals surface area contributed by atoms with Crippen molar-refractivity contribution in [1.29, 1.82) is 0 Å². The number of esters is 1. The van der Waals surface area contributed by atoms with Crippen LogP contribution in [0.1, 0.15) is 15.4 Å². The predicted octanol–water partition coefficient (Wildman–Crippen LogP) is 2.47. The zero-order valence-electron chi connectivity index (χ0n) is 13.7. The van der Waals surface area contributed by atoms with Crippen LogP contribution in [0.2, 0.25) is 0 Å². The summed E-state index contributed by atoms with van der Waals surface area (Å²) in [7, 11) is -2.67. The molecule has 3 aromatic rings. The third-order valence-electron chi connectivity index (χ3n) is 3.53. The Morgan fingerprint density at radius 2 is 1.96 bits per heavy atom. The molecule has 0 aliphatic heterocycles. The van der Waals surface area contributed by atoms with E-state index >= 15 is 0 Å². The number of thiophene rings is 1. The second kappa shape index (κ2) is 7.73. The third-order valence-corrected chi connectivity index (χ3v) is 5.99. The lowest BCUT2D eigenvalue weighted by molar-refractivity contribution is 0.0602. The fourth-order valence-corrected chi connectivity index (χ4v) is 4.59. The van der Waals surface area contributed by atoms with E-state index < -0.39 is 16.0 Å². The number of hydrogen-bond acceptors (Lipinski definition) is 7. The van der Waals surface area contributed by atoms with Gasteiger partial charge >= 0.3 is 5.97 Å². The first-order valence-electron chi connectivity index (χ1n) is 7.53. The molecule has 0 saturated heterocycles. The van der Waals surface area contributed by atoms with Gasteiger partial charge in [-0.2, -0.15) is 0 Å². The summed E-state index contributed by atoms with van der Waals surface area (Å²) >= 11 is 1.01. The topological polar surface area (TPSA) is 98.2 Å². The summed E-state index contributed by atoms with van der Waals surface area (Å²) in [4.78, 5) is 19.9. The molecule has 7 nitrogen and oxygen atoms in total. The molecule has 2 heterocycles. The monoisotopic (exact) mass is 389 g/mol. The summed E-state index contributed by atoms with van der Waals surface area (Å²) in [6.07, 6.45) is 1.39. The van der Waals surface area contributed by atoms with Crippen LogP contribution in [0.5, 0.6) is 0 Å². The van der Waals surface area contributed by atoms with Gasteiger partial charge in [0.15, 0.2) is 0 Å². The molecule has 26 heavy (non-hydrogen) atoms. The van der Waals surface area contributed by atoms with Crippen molar-refractivity contribution in [3.8, 4) is 11.3 Å². The number of sulfonamides is 1. The van der Waals surface area contributed by atoms with E-state index in [1.807, 2.05) is 30.3 Å². The third kappa shape index (κ3) is 3.96. The number of benzene rings is 1. The molecule has 0 aliphatic rings. The Morgan fingerprint density at radius 1 is 1.19 bits per heavy atom. The number of carbonyl (C=O) groups is 1. The largest absolute Gasteiger partial charge is 0.465 e. The van der Waals surface area contributed by atoms with E-state index in [1.165, 1.54) is 24.9 Å². The molecule has 0 saturated carbocycles. The molecule has 0 atom stereocenters. The van der Waals surface area contributed by atoms with E-state index in [-0.39, 0.29) is 16.3 Å². The van der Waals surface area contributed by atoms with Crippen molar-refractivity contribution in [2.75, 3.05) is 7.11 Å². The quantitative estimate of drug-likeness (QED) is 0.651. The van der Waals surface area contributed by atoms with Crippen LogP contribution < -0.4 is 4.72 Å². The maximum Gasteiger partial charge on any atom is 0.349 e. The molecular weight excluding hydrogens is 374 g/mol. The summed E-state index contributed by atoms with van der Waals surface area (Å²) in [5, 5.41) is 1.53. The Kier molecular flexibility index (Phi) is 5.40. The highest BCUT2D eigenvalue weighted by molar-refractivity contribution is 7.89. The van der Waals surface area contributed by atoms with Crippen LogP contribution in [0.15, 0.2) is 59.1 Å². The van der Waals surface area contributed by atoms with Crippen LogP contribution >= 0.6 is 11.3 Å². The first-order chi connectivity index (χ1) is 12.5. The van der Waals surface area contributed by atoms with Gasteiger partial charge < -0.3 is 4.74 Å². The Bertz CT molecular complexity index is 1020. The molecule has 0 aliphatic carbocycles. The molecule has 0 spiro atoms. The number of ether oxygens (including phenoxy) is 1. The van der Waals surface area contributed by atoms with Gasteiger partial charge in [-0.1, -0.05) is 30.3 Å². The Morgan fingerprint density at radius 3 is 2.69 bits per heavy atom. The number of rotatable bonds is 6. The lowest BCUT2D eigenvalue weighted by atomic mass is 10.1. The normalized spacial score (nSPS) is 11.3. The number of aromatic nitrogens is 2. The molecule has 0 bridgehead atoms. The number of methoxy groups -OCH3 is 1. The first kappa shape index (κ1) is 18.2. The molecule has 3 rings (SSSR count). The van der Waals surface area contributed by atoms with Crippen molar-refractivity contribution >= 4 is 27.3 Å². The smallest absolute Gasteiger partial charge is 0.349 e. The predicted molar refractivity (Wildman–Crippen MR) is 97.2 cm³/mol. The fraction of sp³-hybridized carbons (Fsp3) is 0.118. The van der Waals surface area contributed by atoms with E-state index in [0.29, 0.717) is 11.4 Å². The highest BCUT2D eigenvalue weighted by Crippen LogP contribution is 2.23. The van der Waals surface area contributed by atoms with E-state index in [1.54, 1.807) is 6.07 Å². The molecule has 9 heteroatoms. The highest BCUT2D eigenvalue weighted by Gasteiger charge is 2.24. The van der Waals surface area contributed by atoms with Gasteiger partial charge in [-0.15, -0.1) is 11.3 Å². The van der Waals surface area contributed by atoms with Gasteiger partial charge in [0.05, 0.1) is 25.0 Å². The number of hydrogen-bond donors (Lipinski definition) is 1. The van der Waals surface area contributed by atoms with Gasteiger partial charge in [0.25, 0.3) is 0 Å². The second-order valence-electron chi connectivity index (χ2n) is 5.19. The average molecular weight is 389 g/mol. The zero-order chi connectivity index (χ0) is 18.6. The Labute approximate surface area is 154 Å². The van der Waals surface area contributed by atoms with Gasteiger partial charge in [-0.3, -0.25) is 0 Å². The first-order valence-corrected chi connectivity index (χ1v) is 9.89. The number of nitrogens with one attached hydrogen (secondary N) is 1. The van der Waals surface area contributed by atoms with E-state index in [0.717, 1.165) is 16.9 Å². The summed E-state index contributed by atoms with van der Waals surface area (Å²) < 4.78 is 32.1. The minimum Gasteiger partial charge on any atom is -0.465 e. The van der Waals surface area contributed by atoms with Crippen molar-refractivity contribution in [2.45, 2.75) is 11.4 Å². The minimum absolute atomic E-state index is 0.0266. The molecule has 1 N–H and O–H groups in total. The molecular formula is C17H15N3O4S2. The maximum absolute atomic E-state index is 12.5. The minimum atomic E-state index is -3.88. The molecule has 0 unspecified atom stereocenters. The second-order valence-corrected chi connectivity index (χ2v) is 7.84. The average Bonchev–Trinajstić information content (AvgIpc) is 3.18. The standard InChI is InChI=1S/C17H15N3O4S2/c1-24-17(21)16-15(7-8-25-16)26(22,23)20-10-13-9-14(19-11-18-13)12-5-3-2-4-6-12/h2-9,11,20H,10H2,1H3. The summed E-state index contributed by atoms with van der Waals surface area (Å²) in [5.74, 6) is -0.686. The van der Waals surface area contributed by atoms with Gasteiger partial charge in [-0.05, 0) is 17.5 Å². The van der Waals surface area contributed by atoms with Gasteiger partial charge in [-0.25, -0.2) is 27.9 Å². The van der Waals surface area contributed by atoms with Crippen molar-refractivity contribution in [2.24, 2.45) is 0 Å². The van der Waals surface area contributed by atoms with Gasteiger partial charge in [0.2, 0.25) is 10.0 Å². The highest BCUT2D eigenvalue weighted by atomic mass is 32.2. The molecule has 134 valence electrons. The Hall–Kier alpha value is -2.62. The van der Waals surface area contributed by atoms with Crippen LogP contribution in [-0.4, -0.2) is 31.5 Å². The van der Waals surface area contributed by atoms with E-state index in [2.05, 4.69) is 19.4 Å². The lowest BCUT2D eigenvalue weighted by Gasteiger charge is -2.08. The maximum atomic E-state index is 12.5. The van der Waals surface area contributed by atoms with Crippen molar-refractivity contribution in [3.05, 3.63) is 64.7 Å². The summed E-state index contributed by atoms with van der Waals surface area (Å²) in [5.41, 5.74) is 2.11. The number of nitrogens with zero attached hydrogens (tertiary/aromatic N) is 2. The zero-order valence-corrected chi connectivity index (χ0v) is 15.4. The van der Waals surface area contributed by atoms with E-state index in [9.17, 15) is 13.2 Å². The van der Waals surface area contributed by atoms with Crippen molar-refractivity contribution in [1.82, 2.24) is 14.7 Å². The lowest BCUT2D eigenvalue weighted by Crippen LogP contribution is -2.25. The van der Waals surface area contributed by atoms with Crippen LogP contribution in [0.4, 0.5) is 0 Å². The molecule has 0 amide bonds. The van der Waals surface area contributed by atoms with Crippen LogP contribution in [-0.2, 0) is 21.3 Å². The van der Waals surface area contributed by atoms with Gasteiger partial charge in [0.1, 0.15) is 16.1 Å². The Balaban J connectivity index is 1.79. The van der Waals surface area contributed by atoms with Crippen molar-refractivity contribution < 1.29 is 17.9 Å². The molecule has 0 fully saturated rings. The fourth-order valence-electron chi connectivity index (χ4n) is 2.26. The van der Waals surface area contributed by atoms with Gasteiger partial charge in [0, 0.05) is 5.56 Å². The summed E-state index contributed by atoms with van der Waals surface area (Å²) in [6.45, 7) is -0.0266. The summed E-state index contributed by atoms with van der Waals surface area (Å²) in [6, 6.07) is 12.6. The molecule has 2 aromatic heterocycles. The van der Waals surface area contributed by atoms with E-state index in [4.69, 9.17) is 0 Å². The van der Waals surface area contributed by atoms with Crippen LogP contribution in [0.25, 0.3) is 11.3 Å².